The van der Waals surface area contributed by atoms with Gasteiger partial charge in [-0.15, -0.1) is 0 Å². The summed E-state index contributed by atoms with van der Waals surface area (Å²) >= 11 is 0. The molecule has 1 fully saturated rings. The molecule has 154 valence electrons. The highest BCUT2D eigenvalue weighted by molar-refractivity contribution is 5.97. The molecule has 2 aromatic heterocycles. The molecule has 0 spiro atoms. The molecule has 3 heterocycles. The largest absolute Gasteiger partial charge is 0.466 e. The molecule has 0 radical (unpaired) electrons. The monoisotopic (exact) mass is 398 g/mol. The number of amides is 3. The zero-order valence-corrected chi connectivity index (χ0v) is 16.9. The van der Waals surface area contributed by atoms with Gasteiger partial charge in [-0.2, -0.15) is 0 Å². The van der Waals surface area contributed by atoms with Crippen LogP contribution in [0.5, 0.6) is 0 Å². The molecule has 3 amide bonds. The Kier molecular flexibility index (Phi) is 6.31. The second-order valence-electron chi connectivity index (χ2n) is 7.40. The van der Waals surface area contributed by atoms with E-state index in [4.69, 9.17) is 4.42 Å². The molecule has 0 aliphatic carbocycles. The molecule has 3 rings (SSSR count). The van der Waals surface area contributed by atoms with E-state index in [1.54, 1.807) is 37.1 Å². The molecule has 1 saturated heterocycles. The first kappa shape index (κ1) is 20.6. The Morgan fingerprint density at radius 3 is 2.69 bits per heavy atom. The lowest BCUT2D eigenvalue weighted by Gasteiger charge is -2.32. The van der Waals surface area contributed by atoms with Gasteiger partial charge in [0.05, 0.1) is 18.0 Å². The van der Waals surface area contributed by atoms with Crippen LogP contribution in [0.4, 0.5) is 5.82 Å². The molecule has 2 N–H and O–H groups in total. The molecule has 0 aromatic carbocycles. The third kappa shape index (κ3) is 5.22. The minimum atomic E-state index is -0.343. The zero-order valence-electron chi connectivity index (χ0n) is 16.9. The van der Waals surface area contributed by atoms with Crippen LogP contribution in [0, 0.1) is 26.7 Å². The summed E-state index contributed by atoms with van der Waals surface area (Å²) in [4.78, 5) is 43.1. The Balaban J connectivity index is 1.52. The molecular weight excluding hydrogens is 372 g/mol. The zero-order chi connectivity index (χ0) is 21.0. The Hall–Kier alpha value is -3.16. The van der Waals surface area contributed by atoms with E-state index in [9.17, 15) is 14.4 Å². The van der Waals surface area contributed by atoms with E-state index in [2.05, 4.69) is 15.6 Å². The van der Waals surface area contributed by atoms with Crippen molar-refractivity contribution in [3.05, 3.63) is 47.0 Å². The minimum Gasteiger partial charge on any atom is -0.466 e. The van der Waals surface area contributed by atoms with Crippen LogP contribution < -0.4 is 10.6 Å². The number of anilines is 1. The van der Waals surface area contributed by atoms with Gasteiger partial charge in [-0.3, -0.25) is 14.4 Å². The van der Waals surface area contributed by atoms with Gasteiger partial charge in [-0.05, 0) is 51.3 Å². The van der Waals surface area contributed by atoms with Crippen molar-refractivity contribution in [2.45, 2.75) is 33.6 Å². The molecular formula is C21H26N4O4. The predicted octanol–water partition coefficient (Wildman–Crippen LogP) is 2.21. The van der Waals surface area contributed by atoms with Crippen LogP contribution in [0.25, 0.3) is 0 Å². The van der Waals surface area contributed by atoms with Crippen molar-refractivity contribution in [2.24, 2.45) is 5.92 Å². The molecule has 0 saturated carbocycles. The summed E-state index contributed by atoms with van der Waals surface area (Å²) in [5, 5.41) is 5.45. The van der Waals surface area contributed by atoms with Gasteiger partial charge in [0, 0.05) is 19.3 Å². The van der Waals surface area contributed by atoms with Gasteiger partial charge in [0.15, 0.2) is 0 Å². The third-order valence-electron chi connectivity index (χ3n) is 4.99. The smallest absolute Gasteiger partial charge is 0.255 e. The van der Waals surface area contributed by atoms with E-state index in [1.165, 1.54) is 0 Å². The summed E-state index contributed by atoms with van der Waals surface area (Å²) in [6, 6.07) is 5.29. The maximum Gasteiger partial charge on any atom is 0.255 e. The van der Waals surface area contributed by atoms with Crippen LogP contribution in [-0.2, 0) is 9.59 Å². The number of rotatable bonds is 5. The number of hydrogen-bond donors (Lipinski definition) is 2. The van der Waals surface area contributed by atoms with Crippen molar-refractivity contribution in [2.75, 3.05) is 25.0 Å². The Morgan fingerprint density at radius 2 is 2.03 bits per heavy atom. The first-order valence-corrected chi connectivity index (χ1v) is 9.70. The Morgan fingerprint density at radius 1 is 1.24 bits per heavy atom. The highest BCUT2D eigenvalue weighted by Crippen LogP contribution is 2.19. The lowest BCUT2D eigenvalue weighted by molar-refractivity contribution is -0.133. The molecule has 1 unspecified atom stereocenters. The maximum atomic E-state index is 12.5. The van der Waals surface area contributed by atoms with E-state index < -0.39 is 0 Å². The van der Waals surface area contributed by atoms with Crippen molar-refractivity contribution in [3.63, 3.8) is 0 Å². The van der Waals surface area contributed by atoms with Gasteiger partial charge >= 0.3 is 0 Å². The number of nitrogens with one attached hydrogen (secondary N) is 2. The summed E-state index contributed by atoms with van der Waals surface area (Å²) in [5.74, 6) is 0.671. The van der Waals surface area contributed by atoms with Gasteiger partial charge in [-0.1, -0.05) is 6.07 Å². The van der Waals surface area contributed by atoms with Crippen LogP contribution in [0.15, 0.2) is 28.8 Å². The van der Waals surface area contributed by atoms with Crippen LogP contribution in [0.3, 0.4) is 0 Å². The number of pyridine rings is 1. The van der Waals surface area contributed by atoms with E-state index in [-0.39, 0.29) is 30.2 Å². The lowest BCUT2D eigenvalue weighted by Crippen LogP contribution is -2.47. The van der Waals surface area contributed by atoms with Crippen molar-refractivity contribution in [1.29, 1.82) is 0 Å². The maximum absolute atomic E-state index is 12.5. The van der Waals surface area contributed by atoms with E-state index in [0.29, 0.717) is 42.4 Å². The van der Waals surface area contributed by atoms with Gasteiger partial charge < -0.3 is 20.0 Å². The number of furan rings is 1. The number of nitrogens with zero attached hydrogens (tertiary/aromatic N) is 2. The number of carbonyl (C=O) groups is 3. The highest BCUT2D eigenvalue weighted by atomic mass is 16.3. The van der Waals surface area contributed by atoms with Gasteiger partial charge in [0.1, 0.15) is 17.3 Å². The van der Waals surface area contributed by atoms with Crippen LogP contribution in [0.2, 0.25) is 0 Å². The topological polar surface area (TPSA) is 105 Å². The standard InChI is InChI=1S/C21H26N4O4/c1-13-6-7-18(22-10-13)24-20(27)16-5-4-8-25(12-16)19(26)11-23-21(28)17-9-14(2)29-15(17)3/h6-7,9-10,16H,4-5,8,11-12H2,1-3H3,(H,23,28)(H,22,24,27). The Bertz CT molecular complexity index is 904. The average Bonchev–Trinajstić information content (AvgIpc) is 3.05. The summed E-state index contributed by atoms with van der Waals surface area (Å²) in [5.41, 5.74) is 1.44. The first-order chi connectivity index (χ1) is 13.8. The average molecular weight is 398 g/mol. The molecule has 0 bridgehead atoms. The number of likely N-dealkylation sites (tertiary alicyclic amines) is 1. The van der Waals surface area contributed by atoms with Crippen molar-refractivity contribution in [3.8, 4) is 0 Å². The van der Waals surface area contributed by atoms with Crippen molar-refractivity contribution in [1.82, 2.24) is 15.2 Å². The van der Waals surface area contributed by atoms with E-state index >= 15 is 0 Å². The van der Waals surface area contributed by atoms with Crippen LogP contribution >= 0.6 is 0 Å². The molecule has 2 aromatic rings. The van der Waals surface area contributed by atoms with Gasteiger partial charge in [0.25, 0.3) is 5.91 Å². The summed E-state index contributed by atoms with van der Waals surface area (Å²) in [6.45, 7) is 6.19. The normalized spacial score (nSPS) is 16.4. The van der Waals surface area contributed by atoms with Crippen molar-refractivity contribution < 1.29 is 18.8 Å². The fourth-order valence-electron chi connectivity index (χ4n) is 3.41. The predicted molar refractivity (Wildman–Crippen MR) is 107 cm³/mol. The fraction of sp³-hybridized carbons (Fsp3) is 0.429. The van der Waals surface area contributed by atoms with Gasteiger partial charge in [-0.25, -0.2) is 4.98 Å². The van der Waals surface area contributed by atoms with E-state index in [1.807, 2.05) is 13.0 Å². The highest BCUT2D eigenvalue weighted by Gasteiger charge is 2.29. The molecule has 8 heteroatoms. The SMILES string of the molecule is Cc1ccc(NC(=O)C2CCCN(C(=O)CNC(=O)c3cc(C)oc3C)C2)nc1. The lowest BCUT2D eigenvalue weighted by atomic mass is 9.97. The molecule has 1 atom stereocenters. The number of hydrogen-bond acceptors (Lipinski definition) is 5. The second kappa shape index (κ2) is 8.89. The number of aromatic nitrogens is 1. The fourth-order valence-corrected chi connectivity index (χ4v) is 3.41. The molecule has 29 heavy (non-hydrogen) atoms. The number of piperidine rings is 1. The number of carbonyl (C=O) groups excluding carboxylic acids is 3. The Labute approximate surface area is 169 Å². The molecule has 1 aliphatic heterocycles. The van der Waals surface area contributed by atoms with Crippen molar-refractivity contribution >= 4 is 23.5 Å². The van der Waals surface area contributed by atoms with E-state index in [0.717, 1.165) is 12.0 Å². The molecule has 1 aliphatic rings. The molecule has 8 nitrogen and oxygen atoms in total. The first-order valence-electron chi connectivity index (χ1n) is 9.70. The van der Waals surface area contributed by atoms with Gasteiger partial charge in [0.2, 0.25) is 11.8 Å². The quantitative estimate of drug-likeness (QED) is 0.803. The second-order valence-corrected chi connectivity index (χ2v) is 7.40. The number of aryl methyl sites for hydroxylation is 3. The van der Waals surface area contributed by atoms with Crippen LogP contribution in [0.1, 0.15) is 40.3 Å². The van der Waals surface area contributed by atoms with Crippen LogP contribution in [-0.4, -0.2) is 47.2 Å². The minimum absolute atomic E-state index is 0.115. The summed E-state index contributed by atoms with van der Waals surface area (Å²) in [7, 11) is 0. The summed E-state index contributed by atoms with van der Waals surface area (Å²) in [6.07, 6.45) is 3.14. The third-order valence-corrected chi connectivity index (χ3v) is 4.99. The summed E-state index contributed by atoms with van der Waals surface area (Å²) < 4.78 is 5.35.